The molecule has 2 aromatic heterocycles. The summed E-state index contributed by atoms with van der Waals surface area (Å²) in [4.78, 5) is 18.7. The van der Waals surface area contributed by atoms with Gasteiger partial charge in [0, 0.05) is 21.8 Å². The number of halogens is 2. The lowest BCUT2D eigenvalue weighted by Crippen LogP contribution is -2.05. The van der Waals surface area contributed by atoms with Crippen LogP contribution in [0.4, 0.5) is 28.8 Å². The van der Waals surface area contributed by atoms with E-state index >= 15 is 0 Å². The van der Waals surface area contributed by atoms with Crippen LogP contribution in [0.3, 0.4) is 0 Å². The maximum Gasteiger partial charge on any atom is 0.353 e. The van der Waals surface area contributed by atoms with Crippen LogP contribution in [0.2, 0.25) is 10.0 Å². The maximum atomic E-state index is 11.5. The maximum absolute atomic E-state index is 11.5. The number of rotatable bonds is 5. The molecule has 0 atom stereocenters. The summed E-state index contributed by atoms with van der Waals surface area (Å²) in [5, 5.41) is 21.5. The Balaban J connectivity index is 1.98. The number of nitrogens with one attached hydrogen (secondary N) is 2. The van der Waals surface area contributed by atoms with Gasteiger partial charge in [-0.1, -0.05) is 28.4 Å². The molecule has 0 fully saturated rings. The lowest BCUT2D eigenvalue weighted by atomic mass is 10.3. The van der Waals surface area contributed by atoms with Crippen LogP contribution in [0, 0.1) is 17.0 Å². The van der Waals surface area contributed by atoms with E-state index in [-0.39, 0.29) is 23.1 Å². The van der Waals surface area contributed by atoms with E-state index in [9.17, 15) is 10.1 Å². The van der Waals surface area contributed by atoms with Crippen LogP contribution in [0.1, 0.15) is 5.76 Å². The number of anilines is 4. The molecule has 0 bridgehead atoms. The highest BCUT2D eigenvalue weighted by Crippen LogP contribution is 2.34. The normalized spacial score (nSPS) is 10.5. The van der Waals surface area contributed by atoms with Crippen molar-refractivity contribution in [2.45, 2.75) is 6.92 Å². The number of aromatic nitrogens is 3. The molecule has 0 unspecified atom stereocenters. The summed E-state index contributed by atoms with van der Waals surface area (Å²) in [6.07, 6.45) is 1.18. The summed E-state index contributed by atoms with van der Waals surface area (Å²) in [5.41, 5.74) is 0.0850. The van der Waals surface area contributed by atoms with Gasteiger partial charge in [-0.05, 0) is 25.1 Å². The van der Waals surface area contributed by atoms with E-state index in [4.69, 9.17) is 27.7 Å². The Morgan fingerprint density at radius 3 is 2.28 bits per heavy atom. The molecule has 0 aliphatic rings. The predicted octanol–water partition coefficient (Wildman–Crippen LogP) is 4.48. The first kappa shape index (κ1) is 16.9. The van der Waals surface area contributed by atoms with E-state index in [0.29, 0.717) is 21.5 Å². The number of benzene rings is 1. The zero-order valence-electron chi connectivity index (χ0n) is 12.7. The monoisotopic (exact) mass is 380 g/mol. The Kier molecular flexibility index (Phi) is 4.68. The average Bonchev–Trinajstić information content (AvgIpc) is 2.91. The molecule has 3 rings (SSSR count). The molecular weight excluding hydrogens is 371 g/mol. The number of nitro groups is 1. The Hall–Kier alpha value is -2.91. The third kappa shape index (κ3) is 3.95. The van der Waals surface area contributed by atoms with E-state index in [1.165, 1.54) is 6.33 Å². The molecule has 2 heterocycles. The SMILES string of the molecule is Cc1cc(Nc2ncnc(Nc3cc(Cl)cc(Cl)c3)c2[N+](=O)[O-])no1. The van der Waals surface area contributed by atoms with Crippen LogP contribution in [-0.4, -0.2) is 20.0 Å². The van der Waals surface area contributed by atoms with E-state index < -0.39 is 4.92 Å². The van der Waals surface area contributed by atoms with Crippen molar-refractivity contribution in [2.24, 2.45) is 0 Å². The molecule has 11 heteroatoms. The third-order valence-corrected chi connectivity index (χ3v) is 3.44. The minimum atomic E-state index is -0.607. The van der Waals surface area contributed by atoms with Crippen LogP contribution in [-0.2, 0) is 0 Å². The van der Waals surface area contributed by atoms with Crippen molar-refractivity contribution in [2.75, 3.05) is 10.6 Å². The van der Waals surface area contributed by atoms with Crippen molar-refractivity contribution in [1.29, 1.82) is 0 Å². The summed E-state index contributed by atoms with van der Waals surface area (Å²) in [6.45, 7) is 1.70. The summed E-state index contributed by atoms with van der Waals surface area (Å²) in [7, 11) is 0. The highest BCUT2D eigenvalue weighted by Gasteiger charge is 2.24. The van der Waals surface area contributed by atoms with Gasteiger partial charge in [0.05, 0.1) is 4.92 Å². The predicted molar refractivity (Wildman–Crippen MR) is 93.0 cm³/mol. The first-order valence-electron chi connectivity index (χ1n) is 6.85. The van der Waals surface area contributed by atoms with Crippen LogP contribution in [0.5, 0.6) is 0 Å². The quantitative estimate of drug-likeness (QED) is 0.491. The van der Waals surface area contributed by atoms with E-state index in [1.807, 2.05) is 0 Å². The van der Waals surface area contributed by atoms with Crippen molar-refractivity contribution >= 4 is 52.0 Å². The second-order valence-corrected chi connectivity index (χ2v) is 5.78. The standard InChI is InChI=1S/C14H10Cl2N6O3/c1-7-2-11(21-25-7)20-14-12(22(23)24)13(17-6-18-14)19-10-4-8(15)3-9(16)5-10/h2-6H,1H3,(H2,17,18,19,20,21). The Morgan fingerprint density at radius 1 is 1.08 bits per heavy atom. The van der Waals surface area contributed by atoms with Gasteiger partial charge in [0.15, 0.2) is 5.82 Å². The lowest BCUT2D eigenvalue weighted by Gasteiger charge is -2.09. The first-order chi connectivity index (χ1) is 11.9. The highest BCUT2D eigenvalue weighted by molar-refractivity contribution is 6.35. The van der Waals surface area contributed by atoms with Crippen molar-refractivity contribution in [3.8, 4) is 0 Å². The molecule has 0 saturated carbocycles. The summed E-state index contributed by atoms with van der Waals surface area (Å²) in [6, 6.07) is 6.25. The van der Waals surface area contributed by atoms with Crippen molar-refractivity contribution in [1.82, 2.24) is 15.1 Å². The molecule has 0 radical (unpaired) electrons. The Morgan fingerprint density at radius 2 is 1.72 bits per heavy atom. The molecule has 0 aliphatic carbocycles. The summed E-state index contributed by atoms with van der Waals surface area (Å²) >= 11 is 11.9. The van der Waals surface area contributed by atoms with Crippen LogP contribution >= 0.6 is 23.2 Å². The molecule has 3 aromatic rings. The molecule has 25 heavy (non-hydrogen) atoms. The zero-order valence-corrected chi connectivity index (χ0v) is 14.2. The smallest absolute Gasteiger partial charge is 0.353 e. The average molecular weight is 381 g/mol. The lowest BCUT2D eigenvalue weighted by molar-refractivity contribution is -0.383. The van der Waals surface area contributed by atoms with Gasteiger partial charge in [0.25, 0.3) is 0 Å². The van der Waals surface area contributed by atoms with Gasteiger partial charge in [0.2, 0.25) is 11.6 Å². The molecule has 128 valence electrons. The first-order valence-corrected chi connectivity index (χ1v) is 7.61. The Labute approximate surface area is 151 Å². The largest absolute Gasteiger partial charge is 0.360 e. The van der Waals surface area contributed by atoms with Gasteiger partial charge in [-0.3, -0.25) is 10.1 Å². The van der Waals surface area contributed by atoms with Gasteiger partial charge >= 0.3 is 5.69 Å². The zero-order chi connectivity index (χ0) is 18.0. The van der Waals surface area contributed by atoms with Gasteiger partial charge in [-0.2, -0.15) is 0 Å². The third-order valence-electron chi connectivity index (χ3n) is 3.00. The number of hydrogen-bond donors (Lipinski definition) is 2. The second-order valence-electron chi connectivity index (χ2n) is 4.91. The minimum Gasteiger partial charge on any atom is -0.360 e. The number of aryl methyl sites for hydroxylation is 1. The van der Waals surface area contributed by atoms with E-state index in [1.54, 1.807) is 31.2 Å². The molecule has 1 aromatic carbocycles. The molecule has 2 N–H and O–H groups in total. The van der Waals surface area contributed by atoms with Crippen LogP contribution in [0.15, 0.2) is 35.1 Å². The topological polar surface area (TPSA) is 119 Å². The fourth-order valence-electron chi connectivity index (χ4n) is 2.04. The van der Waals surface area contributed by atoms with Crippen LogP contribution in [0.25, 0.3) is 0 Å². The van der Waals surface area contributed by atoms with Crippen LogP contribution < -0.4 is 10.6 Å². The summed E-state index contributed by atoms with van der Waals surface area (Å²) in [5.74, 6) is 0.771. The summed E-state index contributed by atoms with van der Waals surface area (Å²) < 4.78 is 4.92. The van der Waals surface area contributed by atoms with E-state index in [0.717, 1.165) is 0 Å². The number of hydrogen-bond acceptors (Lipinski definition) is 8. The fraction of sp³-hybridized carbons (Fsp3) is 0.0714. The minimum absolute atomic E-state index is 0.0268. The van der Waals surface area contributed by atoms with E-state index in [2.05, 4.69) is 25.8 Å². The highest BCUT2D eigenvalue weighted by atomic mass is 35.5. The van der Waals surface area contributed by atoms with Gasteiger partial charge in [-0.15, -0.1) is 0 Å². The van der Waals surface area contributed by atoms with Gasteiger partial charge in [-0.25, -0.2) is 9.97 Å². The van der Waals surface area contributed by atoms with Gasteiger partial charge in [0.1, 0.15) is 12.1 Å². The Bertz CT molecular complexity index is 926. The van der Waals surface area contributed by atoms with Crippen molar-refractivity contribution in [3.63, 3.8) is 0 Å². The van der Waals surface area contributed by atoms with Crippen molar-refractivity contribution < 1.29 is 9.45 Å². The second kappa shape index (κ2) is 6.91. The molecular formula is C14H10Cl2N6O3. The van der Waals surface area contributed by atoms with Gasteiger partial charge < -0.3 is 15.2 Å². The van der Waals surface area contributed by atoms with Crippen molar-refractivity contribution in [3.05, 3.63) is 56.5 Å². The molecule has 0 saturated heterocycles. The fourth-order valence-corrected chi connectivity index (χ4v) is 2.57. The molecule has 0 amide bonds. The molecule has 0 spiro atoms. The number of nitrogens with zero attached hydrogens (tertiary/aromatic N) is 4. The molecule has 9 nitrogen and oxygen atoms in total. The molecule has 0 aliphatic heterocycles.